The zero-order chi connectivity index (χ0) is 15.8. The van der Waals surface area contributed by atoms with Crippen molar-refractivity contribution in [1.29, 1.82) is 0 Å². The molecule has 1 aliphatic heterocycles. The van der Waals surface area contributed by atoms with Crippen molar-refractivity contribution in [3.8, 4) is 5.75 Å². The molecule has 0 bridgehead atoms. The average molecular weight is 398 g/mol. The first-order chi connectivity index (χ1) is 9.77. The molecule has 1 fully saturated rings. The summed E-state index contributed by atoms with van der Waals surface area (Å²) in [6.45, 7) is 2.76. The normalized spacial score (nSPS) is 24.0. The number of rotatable bonds is 3. The first-order valence-corrected chi connectivity index (χ1v) is 9.17. The minimum atomic E-state index is -3.67. The van der Waals surface area contributed by atoms with Gasteiger partial charge in [-0.25, -0.2) is 8.42 Å². The molecule has 0 aromatic heterocycles. The van der Waals surface area contributed by atoms with Crippen LogP contribution in [0.5, 0.6) is 5.75 Å². The highest BCUT2D eigenvalue weighted by molar-refractivity contribution is 9.10. The molecule has 21 heavy (non-hydrogen) atoms. The Balaban J connectivity index is 2.45. The lowest BCUT2D eigenvalue weighted by molar-refractivity contribution is 0.249. The van der Waals surface area contributed by atoms with Crippen molar-refractivity contribution < 1.29 is 13.2 Å². The molecule has 1 saturated heterocycles. The van der Waals surface area contributed by atoms with E-state index in [2.05, 4.69) is 15.9 Å². The molecule has 0 aliphatic carbocycles. The van der Waals surface area contributed by atoms with Crippen molar-refractivity contribution in [3.05, 3.63) is 21.6 Å². The standard InChI is InChI=1S/C13H18BrClN2O3S/c1-8-7-17(4-3-11(8)16)21(18,19)12-6-9(15)5-10(14)13(12)20-2/h5-6,8,11H,3-4,7,16H2,1-2H3. The fraction of sp³-hybridized carbons (Fsp3) is 0.538. The van der Waals surface area contributed by atoms with E-state index >= 15 is 0 Å². The first-order valence-electron chi connectivity index (χ1n) is 6.56. The molecule has 1 aliphatic rings. The molecule has 0 saturated carbocycles. The second-order valence-electron chi connectivity index (χ2n) is 5.21. The van der Waals surface area contributed by atoms with Gasteiger partial charge >= 0.3 is 0 Å². The largest absolute Gasteiger partial charge is 0.494 e. The Morgan fingerprint density at radius 2 is 2.14 bits per heavy atom. The summed E-state index contributed by atoms with van der Waals surface area (Å²) in [6, 6.07) is 3.05. The third-order valence-electron chi connectivity index (χ3n) is 3.73. The van der Waals surface area contributed by atoms with Crippen LogP contribution >= 0.6 is 27.5 Å². The Kier molecular flexibility index (Phi) is 5.20. The van der Waals surface area contributed by atoms with Gasteiger partial charge in [-0.15, -0.1) is 0 Å². The van der Waals surface area contributed by atoms with E-state index in [1.807, 2.05) is 6.92 Å². The summed E-state index contributed by atoms with van der Waals surface area (Å²) in [5, 5.41) is 0.336. The van der Waals surface area contributed by atoms with Gasteiger partial charge < -0.3 is 10.5 Å². The highest BCUT2D eigenvalue weighted by Crippen LogP contribution is 2.37. The number of sulfonamides is 1. The molecule has 118 valence electrons. The van der Waals surface area contributed by atoms with Crippen LogP contribution in [0, 0.1) is 5.92 Å². The molecular weight excluding hydrogens is 380 g/mol. The number of ether oxygens (including phenoxy) is 1. The van der Waals surface area contributed by atoms with Gasteiger partial charge in [0.05, 0.1) is 11.6 Å². The van der Waals surface area contributed by atoms with Crippen LogP contribution in [-0.2, 0) is 10.0 Å². The molecule has 0 spiro atoms. The second-order valence-corrected chi connectivity index (χ2v) is 8.41. The highest BCUT2D eigenvalue weighted by atomic mass is 79.9. The van der Waals surface area contributed by atoms with Crippen molar-refractivity contribution in [1.82, 2.24) is 4.31 Å². The SMILES string of the molecule is COc1c(Br)cc(Cl)cc1S(=O)(=O)N1CCC(N)C(C)C1. The third kappa shape index (κ3) is 3.37. The van der Waals surface area contributed by atoms with E-state index < -0.39 is 10.0 Å². The summed E-state index contributed by atoms with van der Waals surface area (Å²) >= 11 is 9.27. The quantitative estimate of drug-likeness (QED) is 0.850. The second kappa shape index (κ2) is 6.42. The number of piperidine rings is 1. The monoisotopic (exact) mass is 396 g/mol. The van der Waals surface area contributed by atoms with E-state index in [0.717, 1.165) is 0 Å². The van der Waals surface area contributed by atoms with Crippen LogP contribution in [-0.4, -0.2) is 39.0 Å². The fourth-order valence-electron chi connectivity index (χ4n) is 2.41. The van der Waals surface area contributed by atoms with Gasteiger partial charge in [-0.3, -0.25) is 0 Å². The number of nitrogens with zero attached hydrogens (tertiary/aromatic N) is 1. The zero-order valence-electron chi connectivity index (χ0n) is 11.8. The molecule has 2 rings (SSSR count). The van der Waals surface area contributed by atoms with Gasteiger partial charge in [0, 0.05) is 24.2 Å². The maximum Gasteiger partial charge on any atom is 0.246 e. The molecule has 1 aromatic carbocycles. The molecule has 0 amide bonds. The summed E-state index contributed by atoms with van der Waals surface area (Å²) in [7, 11) is -2.24. The molecule has 1 aromatic rings. The van der Waals surface area contributed by atoms with E-state index in [1.54, 1.807) is 6.07 Å². The van der Waals surface area contributed by atoms with Crippen molar-refractivity contribution in [2.24, 2.45) is 11.7 Å². The number of benzene rings is 1. The van der Waals surface area contributed by atoms with Crippen LogP contribution in [0.15, 0.2) is 21.5 Å². The molecule has 5 nitrogen and oxygen atoms in total. The first kappa shape index (κ1) is 17.0. The molecule has 1 heterocycles. The fourth-order valence-corrected chi connectivity index (χ4v) is 5.34. The molecule has 2 atom stereocenters. The Morgan fingerprint density at radius 3 is 2.71 bits per heavy atom. The molecular formula is C13H18BrClN2O3S. The van der Waals surface area contributed by atoms with E-state index in [9.17, 15) is 8.42 Å². The van der Waals surface area contributed by atoms with Crippen molar-refractivity contribution in [3.63, 3.8) is 0 Å². The zero-order valence-corrected chi connectivity index (χ0v) is 15.0. The number of nitrogens with two attached hydrogens (primary N) is 1. The Morgan fingerprint density at radius 1 is 1.48 bits per heavy atom. The predicted molar refractivity (Wildman–Crippen MR) is 86.2 cm³/mol. The van der Waals surface area contributed by atoms with Gasteiger partial charge in [0.15, 0.2) is 5.75 Å². The molecule has 2 unspecified atom stereocenters. The van der Waals surface area contributed by atoms with Gasteiger partial charge in [0.1, 0.15) is 4.90 Å². The minimum absolute atomic E-state index is 0.0319. The Bertz CT molecular complexity index is 639. The topological polar surface area (TPSA) is 72.6 Å². The molecule has 8 heteroatoms. The van der Waals surface area contributed by atoms with Crippen LogP contribution in [0.3, 0.4) is 0 Å². The third-order valence-corrected chi connectivity index (χ3v) is 6.41. The lowest BCUT2D eigenvalue weighted by Gasteiger charge is -2.34. The average Bonchev–Trinajstić information content (AvgIpc) is 2.41. The summed E-state index contributed by atoms with van der Waals surface area (Å²) in [6.07, 6.45) is 0.643. The van der Waals surface area contributed by atoms with Gasteiger partial charge in [-0.05, 0) is 40.4 Å². The number of halogens is 2. The van der Waals surface area contributed by atoms with Gasteiger partial charge in [-0.2, -0.15) is 4.31 Å². The highest BCUT2D eigenvalue weighted by Gasteiger charge is 2.34. The number of hydrogen-bond donors (Lipinski definition) is 1. The Labute approximate surface area is 138 Å². The van der Waals surface area contributed by atoms with Crippen molar-refractivity contribution >= 4 is 37.6 Å². The number of methoxy groups -OCH3 is 1. The molecule has 2 N–H and O–H groups in total. The van der Waals surface area contributed by atoms with Crippen LogP contribution in [0.4, 0.5) is 0 Å². The minimum Gasteiger partial charge on any atom is -0.494 e. The van der Waals surface area contributed by atoms with E-state index in [-0.39, 0.29) is 22.6 Å². The summed E-state index contributed by atoms with van der Waals surface area (Å²) in [5.41, 5.74) is 5.95. The summed E-state index contributed by atoms with van der Waals surface area (Å²) in [4.78, 5) is 0.0760. The van der Waals surface area contributed by atoms with E-state index in [0.29, 0.717) is 29.0 Å². The van der Waals surface area contributed by atoms with Gasteiger partial charge in [0.25, 0.3) is 0 Å². The van der Waals surface area contributed by atoms with Gasteiger partial charge in [0.2, 0.25) is 10.0 Å². The summed E-state index contributed by atoms with van der Waals surface area (Å²) < 4.78 is 32.9. The van der Waals surface area contributed by atoms with Crippen LogP contribution in [0.25, 0.3) is 0 Å². The van der Waals surface area contributed by atoms with Crippen LogP contribution in [0.2, 0.25) is 5.02 Å². The lowest BCUT2D eigenvalue weighted by Crippen LogP contribution is -2.48. The van der Waals surface area contributed by atoms with Crippen molar-refractivity contribution in [2.45, 2.75) is 24.3 Å². The maximum atomic E-state index is 12.8. The predicted octanol–water partition coefficient (Wildman–Crippen LogP) is 2.47. The Hall–Kier alpha value is -0.340. The number of hydrogen-bond acceptors (Lipinski definition) is 4. The van der Waals surface area contributed by atoms with Crippen molar-refractivity contribution in [2.75, 3.05) is 20.2 Å². The van der Waals surface area contributed by atoms with E-state index in [1.165, 1.54) is 17.5 Å². The van der Waals surface area contributed by atoms with E-state index in [4.69, 9.17) is 22.1 Å². The van der Waals surface area contributed by atoms with Crippen LogP contribution in [0.1, 0.15) is 13.3 Å². The smallest absolute Gasteiger partial charge is 0.246 e. The summed E-state index contributed by atoms with van der Waals surface area (Å²) in [5.74, 6) is 0.379. The lowest BCUT2D eigenvalue weighted by atomic mass is 9.96. The molecule has 0 radical (unpaired) electrons. The maximum absolute atomic E-state index is 12.8. The van der Waals surface area contributed by atoms with Gasteiger partial charge in [-0.1, -0.05) is 18.5 Å². The van der Waals surface area contributed by atoms with Crippen LogP contribution < -0.4 is 10.5 Å².